The van der Waals surface area contributed by atoms with Gasteiger partial charge in [-0.2, -0.15) is 0 Å². The number of rotatable bonds is 7. The van der Waals surface area contributed by atoms with E-state index in [1.54, 1.807) is 25.1 Å². The number of benzene rings is 2. The van der Waals surface area contributed by atoms with E-state index < -0.39 is 6.10 Å². The molecule has 9 nitrogen and oxygen atoms in total. The van der Waals surface area contributed by atoms with Gasteiger partial charge in [-0.25, -0.2) is 4.39 Å². The smallest absolute Gasteiger partial charge is 0.261 e. The van der Waals surface area contributed by atoms with Gasteiger partial charge in [0, 0.05) is 30.3 Å². The van der Waals surface area contributed by atoms with Crippen molar-refractivity contribution in [3.8, 4) is 21.9 Å². The minimum atomic E-state index is -0.631. The van der Waals surface area contributed by atoms with Gasteiger partial charge in [0.05, 0.1) is 45.6 Å². The monoisotopic (exact) mass is 635 g/mol. The van der Waals surface area contributed by atoms with Crippen molar-refractivity contribution in [2.24, 2.45) is 0 Å². The third-order valence-corrected chi connectivity index (χ3v) is 10.3. The average Bonchev–Trinajstić information content (AvgIpc) is 3.89. The van der Waals surface area contributed by atoms with Crippen molar-refractivity contribution in [3.63, 3.8) is 0 Å². The third kappa shape index (κ3) is 4.81. The van der Waals surface area contributed by atoms with Crippen molar-refractivity contribution in [2.45, 2.75) is 57.2 Å². The van der Waals surface area contributed by atoms with Crippen LogP contribution >= 0.6 is 11.3 Å². The van der Waals surface area contributed by atoms with Crippen molar-refractivity contribution >= 4 is 23.2 Å². The molecule has 5 heterocycles. The van der Waals surface area contributed by atoms with Crippen LogP contribution in [0.3, 0.4) is 0 Å². The number of carbonyl (C=O) groups is 2. The van der Waals surface area contributed by atoms with Crippen LogP contribution in [0.25, 0.3) is 21.9 Å². The zero-order chi connectivity index (χ0) is 31.5. The lowest BCUT2D eigenvalue weighted by Crippen LogP contribution is -2.26. The first-order valence-corrected chi connectivity index (χ1v) is 16.3. The molecule has 3 atom stereocenters. The molecule has 0 saturated carbocycles. The van der Waals surface area contributed by atoms with E-state index in [4.69, 9.17) is 9.40 Å². The van der Waals surface area contributed by atoms with Gasteiger partial charge in [0.1, 0.15) is 5.82 Å². The maximum absolute atomic E-state index is 14.0. The lowest BCUT2D eigenvalue weighted by atomic mass is 9.93. The molecule has 3 aromatic heterocycles. The van der Waals surface area contributed by atoms with Crippen LogP contribution in [-0.2, 0) is 12.8 Å². The Bertz CT molecular complexity index is 2000. The minimum absolute atomic E-state index is 0.0847. The van der Waals surface area contributed by atoms with Gasteiger partial charge < -0.3 is 19.7 Å². The normalized spacial score (nSPS) is 19.8. The van der Waals surface area contributed by atoms with E-state index >= 15 is 0 Å². The molecule has 1 fully saturated rings. The fourth-order valence-electron chi connectivity index (χ4n) is 7.09. The quantitative estimate of drug-likeness (QED) is 0.216. The molecular formula is C35H30FN5O4S. The number of aliphatic hydroxyl groups is 1. The van der Waals surface area contributed by atoms with Gasteiger partial charge in [0.25, 0.3) is 11.8 Å². The van der Waals surface area contributed by atoms with E-state index in [-0.39, 0.29) is 35.6 Å². The van der Waals surface area contributed by atoms with E-state index in [1.807, 2.05) is 35.2 Å². The number of thiophene rings is 1. The lowest BCUT2D eigenvalue weighted by molar-refractivity contribution is 0.0775. The number of hydrogen-bond acceptors (Lipinski definition) is 8. The van der Waals surface area contributed by atoms with Crippen molar-refractivity contribution in [3.05, 3.63) is 111 Å². The predicted molar refractivity (Wildman–Crippen MR) is 169 cm³/mol. The first-order valence-electron chi connectivity index (χ1n) is 15.5. The van der Waals surface area contributed by atoms with Crippen LogP contribution in [0.1, 0.15) is 91.4 Å². The Labute approximate surface area is 268 Å². The fraction of sp³-hybridized carbons (Fsp3) is 0.286. The Morgan fingerprint density at radius 2 is 1.85 bits per heavy atom. The molecule has 232 valence electrons. The van der Waals surface area contributed by atoms with E-state index in [9.17, 15) is 19.1 Å². The van der Waals surface area contributed by atoms with E-state index in [0.29, 0.717) is 59.0 Å². The lowest BCUT2D eigenvalue weighted by Gasteiger charge is -2.16. The van der Waals surface area contributed by atoms with Gasteiger partial charge in [0.15, 0.2) is 0 Å². The predicted octanol–water partition coefficient (Wildman–Crippen LogP) is 6.29. The van der Waals surface area contributed by atoms with Crippen LogP contribution in [0.15, 0.2) is 65.1 Å². The molecule has 11 heteroatoms. The number of carbonyl (C=O) groups excluding carboxylic acids is 2. The molecule has 1 aliphatic carbocycles. The van der Waals surface area contributed by atoms with E-state index in [0.717, 1.165) is 40.1 Å². The second-order valence-electron chi connectivity index (χ2n) is 12.0. The maximum Gasteiger partial charge on any atom is 0.261 e. The molecule has 0 spiro atoms. The average molecular weight is 636 g/mol. The summed E-state index contributed by atoms with van der Waals surface area (Å²) in [6.07, 6.45) is 2.59. The van der Waals surface area contributed by atoms with Crippen LogP contribution in [-0.4, -0.2) is 43.5 Å². The zero-order valence-corrected chi connectivity index (χ0v) is 25.8. The Morgan fingerprint density at radius 3 is 2.63 bits per heavy atom. The molecule has 1 saturated heterocycles. The van der Waals surface area contributed by atoms with E-state index in [2.05, 4.69) is 15.5 Å². The summed E-state index contributed by atoms with van der Waals surface area (Å²) in [5.74, 6) is -0.00155. The molecule has 2 N–H and O–H groups in total. The van der Waals surface area contributed by atoms with Gasteiger partial charge in [-0.1, -0.05) is 36.4 Å². The van der Waals surface area contributed by atoms with Crippen LogP contribution < -0.4 is 5.32 Å². The van der Waals surface area contributed by atoms with Gasteiger partial charge >= 0.3 is 0 Å². The zero-order valence-electron chi connectivity index (χ0n) is 25.0. The number of pyridine rings is 1. The molecule has 8 rings (SSSR count). The van der Waals surface area contributed by atoms with Crippen molar-refractivity contribution in [2.75, 3.05) is 6.54 Å². The summed E-state index contributed by atoms with van der Waals surface area (Å²) in [6, 6.07) is 17.2. The van der Waals surface area contributed by atoms with Gasteiger partial charge in [-0.05, 0) is 66.6 Å². The Hall–Kier alpha value is -4.74. The van der Waals surface area contributed by atoms with Crippen molar-refractivity contribution < 1.29 is 23.5 Å². The Morgan fingerprint density at radius 1 is 1.04 bits per heavy atom. The number of nitrogens with zero attached hydrogens (tertiary/aromatic N) is 4. The maximum atomic E-state index is 14.0. The number of aryl methyl sites for hydroxylation is 3. The Kier molecular flexibility index (Phi) is 7.02. The summed E-state index contributed by atoms with van der Waals surface area (Å²) in [6.45, 7) is 2.37. The van der Waals surface area contributed by atoms with Crippen molar-refractivity contribution in [1.29, 1.82) is 0 Å². The largest absolute Gasteiger partial charge is 0.421 e. The Balaban J connectivity index is 1.22. The second kappa shape index (κ2) is 11.3. The van der Waals surface area contributed by atoms with Crippen LogP contribution in [0, 0.1) is 12.7 Å². The fourth-order valence-corrected chi connectivity index (χ4v) is 8.06. The first-order chi connectivity index (χ1) is 22.4. The highest BCUT2D eigenvalue weighted by Crippen LogP contribution is 2.49. The molecule has 2 aromatic carbocycles. The molecule has 2 amide bonds. The molecule has 0 unspecified atom stereocenters. The van der Waals surface area contributed by atoms with Gasteiger partial charge in [-0.3, -0.25) is 14.6 Å². The van der Waals surface area contributed by atoms with Crippen LogP contribution in [0.2, 0.25) is 0 Å². The van der Waals surface area contributed by atoms with Gasteiger partial charge in [0.2, 0.25) is 11.8 Å². The van der Waals surface area contributed by atoms with E-state index in [1.165, 1.54) is 23.5 Å². The first kappa shape index (κ1) is 28.7. The third-order valence-electron chi connectivity index (χ3n) is 9.22. The highest BCUT2D eigenvalue weighted by molar-refractivity contribution is 7.17. The topological polar surface area (TPSA) is 121 Å². The summed E-state index contributed by atoms with van der Waals surface area (Å²) < 4.78 is 19.6. The van der Waals surface area contributed by atoms with Gasteiger partial charge in [-0.15, -0.1) is 21.5 Å². The summed E-state index contributed by atoms with van der Waals surface area (Å²) >= 11 is 1.29. The van der Waals surface area contributed by atoms with Crippen molar-refractivity contribution in [1.82, 2.24) is 25.4 Å². The molecular weight excluding hydrogens is 605 g/mol. The van der Waals surface area contributed by atoms with Crippen LogP contribution in [0.5, 0.6) is 0 Å². The van der Waals surface area contributed by atoms with Crippen LogP contribution in [0.4, 0.5) is 4.39 Å². The number of amides is 2. The highest BCUT2D eigenvalue weighted by atomic mass is 32.1. The number of halogens is 1. The highest BCUT2D eigenvalue weighted by Gasteiger charge is 2.45. The minimum Gasteiger partial charge on any atom is -0.421 e. The molecule has 5 aromatic rings. The number of aliphatic hydroxyl groups excluding tert-OH is 1. The second-order valence-corrected chi connectivity index (χ2v) is 13.1. The standard InChI is InChI=1S/C35H30FN5O4S/c1-18-39-40-34(45-18)29-23(13-10-19-8-11-20(36)12-9-19)37-32-25-7-4-16-41(25)35(44)31(32)30(29)27-14-15-28(46-27)33(43)38-24-17-26(42)22-6-3-2-5-21(22)24/h2-3,5-6,8-9,11-12,14-15,24-26,42H,4,7,10,13,16-17H2,1H3,(H,38,43)/t24-,25-,26+/m1/s1. The molecule has 0 radical (unpaired) electrons. The number of nitrogens with one attached hydrogen (secondary N) is 1. The molecule has 2 aliphatic heterocycles. The molecule has 46 heavy (non-hydrogen) atoms. The summed E-state index contributed by atoms with van der Waals surface area (Å²) in [5, 5.41) is 22.1. The summed E-state index contributed by atoms with van der Waals surface area (Å²) in [4.78, 5) is 35.8. The number of fused-ring (bicyclic) bond motifs is 4. The number of aromatic nitrogens is 3. The molecule has 3 aliphatic rings. The summed E-state index contributed by atoms with van der Waals surface area (Å²) in [5.41, 5.74) is 5.89. The number of hydrogen-bond donors (Lipinski definition) is 2. The SMILES string of the molecule is Cc1nnc(-c2c(CCc3ccc(F)cc3)nc3c(c2-c2ccc(C(=O)N[C@@H]4C[C@H](O)c5ccccc54)s2)C(=O)N2CCC[C@H]32)o1. The summed E-state index contributed by atoms with van der Waals surface area (Å²) in [7, 11) is 0. The molecule has 0 bridgehead atoms.